The number of hydrogen-bond donors (Lipinski definition) is 0. The highest BCUT2D eigenvalue weighted by Gasteiger charge is 2.35. The fourth-order valence-corrected chi connectivity index (χ4v) is 5.40. The normalized spacial score (nSPS) is 23.6. The fraction of sp³-hybridized carbons (Fsp3) is 0.480. The zero-order chi connectivity index (χ0) is 19.7. The van der Waals surface area contributed by atoms with Gasteiger partial charge in [-0.25, -0.2) is 8.78 Å². The van der Waals surface area contributed by atoms with Gasteiger partial charge in [0.25, 0.3) is 0 Å². The number of unbranched alkanes of at least 4 members (excludes halogenated alkanes) is 1. The van der Waals surface area contributed by atoms with Crippen molar-refractivity contribution < 1.29 is 8.78 Å². The lowest BCUT2D eigenvalue weighted by atomic mass is 9.64. The van der Waals surface area contributed by atoms with E-state index in [0.29, 0.717) is 11.5 Å². The zero-order valence-electron chi connectivity index (χ0n) is 16.5. The molecule has 2 aliphatic carbocycles. The Morgan fingerprint density at radius 3 is 2.54 bits per heavy atom. The summed E-state index contributed by atoms with van der Waals surface area (Å²) in [6, 6.07) is 10.4. The predicted molar refractivity (Wildman–Crippen MR) is 108 cm³/mol. The topological polar surface area (TPSA) is 23.8 Å². The first kappa shape index (κ1) is 19.1. The molecule has 0 aliphatic heterocycles. The van der Waals surface area contributed by atoms with E-state index in [1.807, 2.05) is 6.07 Å². The summed E-state index contributed by atoms with van der Waals surface area (Å²) < 4.78 is 28.0. The van der Waals surface area contributed by atoms with E-state index in [1.54, 1.807) is 6.07 Å². The smallest absolute Gasteiger partial charge is 0.144 e. The number of rotatable bonds is 4. The van der Waals surface area contributed by atoms with Crippen molar-refractivity contribution in [3.63, 3.8) is 0 Å². The minimum Gasteiger partial charge on any atom is -0.205 e. The summed E-state index contributed by atoms with van der Waals surface area (Å²) in [5, 5.41) is 8.87. The van der Waals surface area contributed by atoms with Crippen LogP contribution in [0.3, 0.4) is 0 Å². The van der Waals surface area contributed by atoms with E-state index < -0.39 is 17.2 Å². The van der Waals surface area contributed by atoms with Crippen LogP contribution in [0.2, 0.25) is 0 Å². The molecule has 1 saturated carbocycles. The second-order valence-electron chi connectivity index (χ2n) is 8.57. The highest BCUT2D eigenvalue weighted by molar-refractivity contribution is 5.66. The van der Waals surface area contributed by atoms with Gasteiger partial charge in [0.05, 0.1) is 0 Å². The molecule has 4 rings (SSSR count). The molecule has 1 nitrogen and oxygen atoms in total. The summed E-state index contributed by atoms with van der Waals surface area (Å²) in [7, 11) is 0. The molecule has 2 aromatic carbocycles. The van der Waals surface area contributed by atoms with Crippen molar-refractivity contribution in [2.24, 2.45) is 11.8 Å². The van der Waals surface area contributed by atoms with Crippen LogP contribution in [-0.2, 0) is 6.42 Å². The summed E-state index contributed by atoms with van der Waals surface area (Å²) >= 11 is 0. The van der Waals surface area contributed by atoms with E-state index >= 15 is 0 Å². The average molecular weight is 379 g/mol. The van der Waals surface area contributed by atoms with Crippen LogP contribution < -0.4 is 0 Å². The van der Waals surface area contributed by atoms with E-state index in [4.69, 9.17) is 5.26 Å². The molecule has 0 aromatic heterocycles. The maximum absolute atomic E-state index is 14.0. The van der Waals surface area contributed by atoms with Crippen LogP contribution in [0.4, 0.5) is 8.78 Å². The summed E-state index contributed by atoms with van der Waals surface area (Å²) in [5.41, 5.74) is 3.60. The Morgan fingerprint density at radius 1 is 1.04 bits per heavy atom. The molecule has 146 valence electrons. The van der Waals surface area contributed by atoms with Gasteiger partial charge in [-0.2, -0.15) is 5.26 Å². The molecule has 0 spiro atoms. The quantitative estimate of drug-likeness (QED) is 0.554. The lowest BCUT2D eigenvalue weighted by Crippen LogP contribution is -2.28. The van der Waals surface area contributed by atoms with Crippen LogP contribution in [0.15, 0.2) is 30.3 Å². The molecule has 2 aromatic rings. The lowest BCUT2D eigenvalue weighted by molar-refractivity contribution is 0.200. The van der Waals surface area contributed by atoms with Crippen molar-refractivity contribution in [1.82, 2.24) is 0 Å². The first-order valence-electron chi connectivity index (χ1n) is 10.6. The van der Waals surface area contributed by atoms with Crippen molar-refractivity contribution in [3.8, 4) is 17.2 Å². The van der Waals surface area contributed by atoms with Crippen LogP contribution in [0.25, 0.3) is 11.1 Å². The summed E-state index contributed by atoms with van der Waals surface area (Å²) in [5.74, 6) is 0.747. The Bertz CT molecular complexity index is 888. The van der Waals surface area contributed by atoms with Gasteiger partial charge in [0.1, 0.15) is 23.3 Å². The summed E-state index contributed by atoms with van der Waals surface area (Å²) in [6.07, 6.45) is 10.2. The molecule has 3 heteroatoms. The summed E-state index contributed by atoms with van der Waals surface area (Å²) in [6.45, 7) is 2.27. The van der Waals surface area contributed by atoms with Crippen molar-refractivity contribution in [1.29, 1.82) is 5.26 Å². The van der Waals surface area contributed by atoms with Gasteiger partial charge in [-0.3, -0.25) is 0 Å². The minimum absolute atomic E-state index is 0.502. The van der Waals surface area contributed by atoms with E-state index in [-0.39, 0.29) is 0 Å². The fourth-order valence-electron chi connectivity index (χ4n) is 5.40. The van der Waals surface area contributed by atoms with E-state index in [9.17, 15) is 8.78 Å². The molecule has 0 bridgehead atoms. The molecule has 1 fully saturated rings. The number of nitriles is 1. The first-order chi connectivity index (χ1) is 13.6. The monoisotopic (exact) mass is 379 g/mol. The third-order valence-electron chi connectivity index (χ3n) is 6.87. The molecule has 0 radical (unpaired) electrons. The van der Waals surface area contributed by atoms with Crippen LogP contribution in [-0.4, -0.2) is 0 Å². The second-order valence-corrected chi connectivity index (χ2v) is 8.57. The van der Waals surface area contributed by atoms with Gasteiger partial charge >= 0.3 is 0 Å². The Balaban J connectivity index is 1.58. The number of nitrogens with zero attached hydrogens (tertiary/aromatic N) is 1. The second kappa shape index (κ2) is 8.03. The largest absolute Gasteiger partial charge is 0.205 e. The maximum atomic E-state index is 14.0. The molecule has 28 heavy (non-hydrogen) atoms. The van der Waals surface area contributed by atoms with Gasteiger partial charge in [-0.15, -0.1) is 0 Å². The maximum Gasteiger partial charge on any atom is 0.144 e. The van der Waals surface area contributed by atoms with Gasteiger partial charge in [0.15, 0.2) is 0 Å². The molecule has 0 saturated heterocycles. The predicted octanol–water partition coefficient (Wildman–Crippen LogP) is 7.14. The molecule has 3 atom stereocenters. The molecular weight excluding hydrogens is 352 g/mol. The van der Waals surface area contributed by atoms with Gasteiger partial charge < -0.3 is 0 Å². The molecule has 0 heterocycles. The van der Waals surface area contributed by atoms with Crippen LogP contribution in [0.1, 0.15) is 74.5 Å². The number of benzene rings is 2. The summed E-state index contributed by atoms with van der Waals surface area (Å²) in [4.78, 5) is 0. The molecule has 2 aliphatic rings. The van der Waals surface area contributed by atoms with E-state index in [0.717, 1.165) is 23.8 Å². The number of aryl methyl sites for hydroxylation is 1. The Kier molecular flexibility index (Phi) is 5.49. The van der Waals surface area contributed by atoms with Gasteiger partial charge in [0, 0.05) is 0 Å². The number of fused-ring (bicyclic) bond motifs is 3. The van der Waals surface area contributed by atoms with Crippen molar-refractivity contribution in [2.45, 2.75) is 64.2 Å². The van der Waals surface area contributed by atoms with Gasteiger partial charge in [-0.1, -0.05) is 44.4 Å². The minimum atomic E-state index is -0.791. The standard InChI is InChI=1S/C25H27F2N/c1-2-3-4-16-5-9-21-18(11-16)6-7-19-12-17(8-10-22(19)21)20-13-24(26)23(15-28)25(27)14-20/h8,10,12-14,16,18,21H,2-7,9,11H2,1H3/t16-,18+,21+/m1/s1. The Morgan fingerprint density at radius 2 is 1.82 bits per heavy atom. The molecule has 0 unspecified atom stereocenters. The van der Waals surface area contributed by atoms with Crippen molar-refractivity contribution in [2.75, 3.05) is 0 Å². The first-order valence-corrected chi connectivity index (χ1v) is 10.6. The van der Waals surface area contributed by atoms with Crippen LogP contribution in [0.5, 0.6) is 0 Å². The molecule has 0 amide bonds. The van der Waals surface area contributed by atoms with Crippen molar-refractivity contribution >= 4 is 0 Å². The Hall–Kier alpha value is -2.21. The third kappa shape index (κ3) is 3.58. The third-order valence-corrected chi connectivity index (χ3v) is 6.87. The van der Waals surface area contributed by atoms with Crippen LogP contribution in [0, 0.1) is 34.8 Å². The van der Waals surface area contributed by atoms with Gasteiger partial charge in [0.2, 0.25) is 0 Å². The molecular formula is C25H27F2N. The number of halogens is 2. The Labute approximate surface area is 166 Å². The number of hydrogen-bond acceptors (Lipinski definition) is 1. The zero-order valence-corrected chi connectivity index (χ0v) is 16.5. The van der Waals surface area contributed by atoms with E-state index in [2.05, 4.69) is 19.1 Å². The average Bonchev–Trinajstić information content (AvgIpc) is 2.71. The highest BCUT2D eigenvalue weighted by atomic mass is 19.1. The molecule has 0 N–H and O–H groups in total. The lowest BCUT2D eigenvalue weighted by Gasteiger charge is -2.41. The van der Waals surface area contributed by atoms with Crippen LogP contribution >= 0.6 is 0 Å². The highest BCUT2D eigenvalue weighted by Crippen LogP contribution is 2.48. The van der Waals surface area contributed by atoms with E-state index in [1.165, 1.54) is 68.2 Å². The SMILES string of the molecule is CCCC[C@@H]1CC[C@@H]2c3ccc(-c4cc(F)c(C#N)c(F)c4)cc3CC[C@H]2C1. The van der Waals surface area contributed by atoms with Crippen molar-refractivity contribution in [3.05, 3.63) is 58.7 Å². The van der Waals surface area contributed by atoms with Gasteiger partial charge in [-0.05, 0) is 84.2 Å².